The molecule has 6 heteroatoms. The Hall–Kier alpha value is -1.79. The van der Waals surface area contributed by atoms with E-state index in [1.54, 1.807) is 7.11 Å². The summed E-state index contributed by atoms with van der Waals surface area (Å²) in [4.78, 5) is 19.3. The van der Waals surface area contributed by atoms with Crippen LogP contribution in [0.2, 0.25) is 0 Å². The lowest BCUT2D eigenvalue weighted by Crippen LogP contribution is -2.50. The molecule has 0 aromatic heterocycles. The Morgan fingerprint density at radius 3 is 2.07 bits per heavy atom. The fourth-order valence-corrected chi connectivity index (χ4v) is 3.75. The van der Waals surface area contributed by atoms with Crippen LogP contribution in [0.15, 0.2) is 24.3 Å². The number of carbonyl (C=O) groups excluding carboxylic acids is 1. The second kappa shape index (κ2) is 10.5. The van der Waals surface area contributed by atoms with Gasteiger partial charge in [0.05, 0.1) is 13.7 Å². The van der Waals surface area contributed by atoms with Gasteiger partial charge in [-0.2, -0.15) is 0 Å². The van der Waals surface area contributed by atoms with E-state index in [-0.39, 0.29) is 0 Å². The summed E-state index contributed by atoms with van der Waals surface area (Å²) in [7, 11) is 1.66. The largest absolute Gasteiger partial charge is 0.497 e. The molecule has 1 aromatic rings. The van der Waals surface area contributed by atoms with Gasteiger partial charge in [-0.25, -0.2) is 0 Å². The van der Waals surface area contributed by atoms with E-state index >= 15 is 0 Å². The van der Waals surface area contributed by atoms with Gasteiger partial charge in [0, 0.05) is 45.8 Å². The topological polar surface area (TPSA) is 45.3 Å². The third-order valence-electron chi connectivity index (χ3n) is 5.52. The minimum absolute atomic E-state index is 0.313. The smallest absolute Gasteiger partial charge is 0.236 e. The van der Waals surface area contributed by atoms with Crippen molar-refractivity contribution < 1.29 is 14.3 Å². The van der Waals surface area contributed by atoms with Gasteiger partial charge in [0.15, 0.2) is 0 Å². The van der Waals surface area contributed by atoms with Crippen molar-refractivity contribution in [1.82, 2.24) is 14.7 Å². The number of methoxy groups -OCH3 is 1. The van der Waals surface area contributed by atoms with Crippen LogP contribution in [0.25, 0.3) is 0 Å². The number of rotatable bonds is 7. The van der Waals surface area contributed by atoms with Gasteiger partial charge in [-0.3, -0.25) is 14.6 Å². The average molecular weight is 376 g/mol. The van der Waals surface area contributed by atoms with Gasteiger partial charge in [-0.15, -0.1) is 0 Å². The van der Waals surface area contributed by atoms with Gasteiger partial charge in [-0.1, -0.05) is 12.8 Å². The molecular weight excluding hydrogens is 342 g/mol. The number of likely N-dealkylation sites (tertiary alicyclic amines) is 1. The Kier molecular flexibility index (Phi) is 7.78. The fourth-order valence-electron chi connectivity index (χ4n) is 3.75. The van der Waals surface area contributed by atoms with Crippen molar-refractivity contribution in [1.29, 1.82) is 0 Å². The van der Waals surface area contributed by atoms with Crippen LogP contribution >= 0.6 is 0 Å². The number of hydrogen-bond acceptors (Lipinski definition) is 5. The molecule has 2 heterocycles. The zero-order chi connectivity index (χ0) is 18.9. The number of hydrogen-bond donors (Lipinski definition) is 0. The minimum Gasteiger partial charge on any atom is -0.497 e. The first-order chi connectivity index (χ1) is 13.2. The molecule has 0 saturated carbocycles. The molecule has 0 unspecified atom stereocenters. The van der Waals surface area contributed by atoms with Crippen molar-refractivity contribution in [3.05, 3.63) is 24.3 Å². The fraction of sp³-hybridized carbons (Fsp3) is 0.667. The average Bonchev–Trinajstić information content (AvgIpc) is 2.99. The summed E-state index contributed by atoms with van der Waals surface area (Å²) in [6, 6.07) is 7.70. The highest BCUT2D eigenvalue weighted by molar-refractivity contribution is 5.78. The van der Waals surface area contributed by atoms with Gasteiger partial charge in [-0.05, 0) is 37.1 Å². The Morgan fingerprint density at radius 2 is 1.44 bits per heavy atom. The monoisotopic (exact) mass is 375 g/mol. The summed E-state index contributed by atoms with van der Waals surface area (Å²) in [6.45, 7) is 7.99. The summed E-state index contributed by atoms with van der Waals surface area (Å²) >= 11 is 0. The highest BCUT2D eigenvalue weighted by Crippen LogP contribution is 2.17. The van der Waals surface area contributed by atoms with Crippen molar-refractivity contribution in [2.24, 2.45) is 0 Å². The molecule has 0 N–H and O–H groups in total. The number of ether oxygens (including phenoxy) is 2. The van der Waals surface area contributed by atoms with Crippen LogP contribution in [0, 0.1) is 0 Å². The standard InChI is InChI=1S/C21H33N3O3/c1-26-19-6-8-20(9-7-19)27-17-16-22-12-14-23(15-13-22)18-21(25)24-10-4-2-3-5-11-24/h6-9H,2-5,10-18H2,1H3. The van der Waals surface area contributed by atoms with Crippen molar-refractivity contribution >= 4 is 5.91 Å². The molecule has 0 bridgehead atoms. The summed E-state index contributed by atoms with van der Waals surface area (Å²) in [5.41, 5.74) is 0. The predicted octanol–water partition coefficient (Wildman–Crippen LogP) is 2.09. The predicted molar refractivity (Wildman–Crippen MR) is 106 cm³/mol. The van der Waals surface area contributed by atoms with Crippen LogP contribution in [0.4, 0.5) is 0 Å². The van der Waals surface area contributed by atoms with Crippen LogP contribution in [0.3, 0.4) is 0 Å². The van der Waals surface area contributed by atoms with Crippen LogP contribution in [0.1, 0.15) is 25.7 Å². The van der Waals surface area contributed by atoms with Gasteiger partial charge in [0.2, 0.25) is 5.91 Å². The second-order valence-corrected chi connectivity index (χ2v) is 7.44. The Labute approximate surface area is 163 Å². The van der Waals surface area contributed by atoms with E-state index in [2.05, 4.69) is 14.7 Å². The maximum Gasteiger partial charge on any atom is 0.236 e. The maximum atomic E-state index is 12.5. The summed E-state index contributed by atoms with van der Waals surface area (Å²) in [5, 5.41) is 0. The molecule has 2 saturated heterocycles. The van der Waals surface area contributed by atoms with Crippen molar-refractivity contribution in [3.63, 3.8) is 0 Å². The van der Waals surface area contributed by atoms with Crippen molar-refractivity contribution in [2.75, 3.05) is 66.1 Å². The lowest BCUT2D eigenvalue weighted by Gasteiger charge is -2.35. The van der Waals surface area contributed by atoms with E-state index < -0.39 is 0 Å². The van der Waals surface area contributed by atoms with E-state index in [9.17, 15) is 4.79 Å². The third-order valence-corrected chi connectivity index (χ3v) is 5.52. The molecule has 2 aliphatic rings. The first kappa shape index (κ1) is 20.0. The molecule has 27 heavy (non-hydrogen) atoms. The molecule has 6 nitrogen and oxygen atoms in total. The lowest BCUT2D eigenvalue weighted by molar-refractivity contribution is -0.132. The van der Waals surface area contributed by atoms with E-state index in [0.29, 0.717) is 19.1 Å². The molecule has 0 aliphatic carbocycles. The zero-order valence-electron chi connectivity index (χ0n) is 16.6. The molecule has 2 aliphatic heterocycles. The SMILES string of the molecule is COc1ccc(OCCN2CCN(CC(=O)N3CCCCCC3)CC2)cc1. The highest BCUT2D eigenvalue weighted by atomic mass is 16.5. The van der Waals surface area contributed by atoms with E-state index in [1.807, 2.05) is 24.3 Å². The number of nitrogens with zero attached hydrogens (tertiary/aromatic N) is 3. The number of piperazine rings is 1. The first-order valence-corrected chi connectivity index (χ1v) is 10.2. The van der Waals surface area contributed by atoms with Crippen molar-refractivity contribution in [2.45, 2.75) is 25.7 Å². The zero-order valence-corrected chi connectivity index (χ0v) is 16.6. The molecule has 1 amide bonds. The molecule has 0 radical (unpaired) electrons. The normalized spacial score (nSPS) is 19.5. The van der Waals surface area contributed by atoms with Gasteiger partial charge < -0.3 is 14.4 Å². The molecule has 150 valence electrons. The molecule has 0 spiro atoms. The van der Waals surface area contributed by atoms with Crippen LogP contribution < -0.4 is 9.47 Å². The molecule has 0 atom stereocenters. The third kappa shape index (κ3) is 6.40. The highest BCUT2D eigenvalue weighted by Gasteiger charge is 2.22. The van der Waals surface area contributed by atoms with Crippen molar-refractivity contribution in [3.8, 4) is 11.5 Å². The Bertz CT molecular complexity index is 563. The number of amides is 1. The first-order valence-electron chi connectivity index (χ1n) is 10.2. The van der Waals surface area contributed by atoms with Gasteiger partial charge in [0.25, 0.3) is 0 Å². The molecular formula is C21H33N3O3. The van der Waals surface area contributed by atoms with E-state index in [4.69, 9.17) is 9.47 Å². The quantitative estimate of drug-likeness (QED) is 0.730. The summed E-state index contributed by atoms with van der Waals surface area (Å²) in [6.07, 6.45) is 4.85. The van der Waals surface area contributed by atoms with Gasteiger partial charge in [0.1, 0.15) is 18.1 Å². The molecule has 3 rings (SSSR count). The lowest BCUT2D eigenvalue weighted by atomic mass is 10.2. The maximum absolute atomic E-state index is 12.5. The van der Waals surface area contributed by atoms with E-state index in [0.717, 1.165) is 70.2 Å². The summed E-state index contributed by atoms with van der Waals surface area (Å²) < 4.78 is 11.0. The van der Waals surface area contributed by atoms with Crippen LogP contribution in [-0.4, -0.2) is 86.7 Å². The Balaban J connectivity index is 1.31. The number of carbonyl (C=O) groups is 1. The molecule has 1 aromatic carbocycles. The minimum atomic E-state index is 0.313. The molecule has 2 fully saturated rings. The van der Waals surface area contributed by atoms with Gasteiger partial charge >= 0.3 is 0 Å². The van der Waals surface area contributed by atoms with Crippen LogP contribution in [-0.2, 0) is 4.79 Å². The summed E-state index contributed by atoms with van der Waals surface area (Å²) in [5.74, 6) is 2.03. The number of benzene rings is 1. The second-order valence-electron chi connectivity index (χ2n) is 7.44. The van der Waals surface area contributed by atoms with E-state index in [1.165, 1.54) is 12.8 Å². The Morgan fingerprint density at radius 1 is 0.852 bits per heavy atom. The van der Waals surface area contributed by atoms with Crippen LogP contribution in [0.5, 0.6) is 11.5 Å².